The van der Waals surface area contributed by atoms with Crippen LogP contribution in [-0.2, 0) is 7.05 Å². The highest BCUT2D eigenvalue weighted by molar-refractivity contribution is 5.87. The van der Waals surface area contributed by atoms with E-state index in [1.165, 1.54) is 17.7 Å². The fourth-order valence-electron chi connectivity index (χ4n) is 1.65. The Labute approximate surface area is 80.8 Å². The lowest BCUT2D eigenvalue weighted by Crippen LogP contribution is -2.23. The smallest absolute Gasteiger partial charge is 0.352 e. The van der Waals surface area contributed by atoms with Gasteiger partial charge in [-0.05, 0) is 24.3 Å². The number of nitrogens with zero attached hydrogens (tertiary/aromatic N) is 1. The molecule has 1 saturated carbocycles. The first-order valence-corrected chi connectivity index (χ1v) is 4.54. The SMILES string of the molecule is Cn1c(C(=O)O)c(C2CC2)ccc1=O. The predicted molar refractivity (Wildman–Crippen MR) is 50.6 cm³/mol. The van der Waals surface area contributed by atoms with E-state index in [1.54, 1.807) is 6.07 Å². The van der Waals surface area contributed by atoms with Crippen LogP contribution in [0.3, 0.4) is 0 Å². The summed E-state index contributed by atoms with van der Waals surface area (Å²) in [5.74, 6) is -0.681. The van der Waals surface area contributed by atoms with E-state index < -0.39 is 5.97 Å². The molecule has 0 aliphatic heterocycles. The van der Waals surface area contributed by atoms with Gasteiger partial charge in [0.2, 0.25) is 0 Å². The van der Waals surface area contributed by atoms with Crippen LogP contribution in [0.2, 0.25) is 0 Å². The molecule has 4 nitrogen and oxygen atoms in total. The van der Waals surface area contributed by atoms with Gasteiger partial charge in [-0.15, -0.1) is 0 Å². The van der Waals surface area contributed by atoms with E-state index in [1.807, 2.05) is 0 Å². The van der Waals surface area contributed by atoms with Crippen LogP contribution in [0.5, 0.6) is 0 Å². The zero-order valence-corrected chi connectivity index (χ0v) is 7.86. The van der Waals surface area contributed by atoms with Crippen LogP contribution in [0.25, 0.3) is 0 Å². The minimum Gasteiger partial charge on any atom is -0.477 e. The van der Waals surface area contributed by atoms with Gasteiger partial charge in [0.05, 0.1) is 0 Å². The Hall–Kier alpha value is -1.58. The van der Waals surface area contributed by atoms with Gasteiger partial charge in [0.15, 0.2) is 0 Å². The van der Waals surface area contributed by atoms with Gasteiger partial charge in [0.1, 0.15) is 5.69 Å². The summed E-state index contributed by atoms with van der Waals surface area (Å²) in [6, 6.07) is 3.07. The molecule has 0 atom stereocenters. The molecule has 2 rings (SSSR count). The molecular formula is C10H11NO3. The third-order valence-electron chi connectivity index (χ3n) is 2.56. The maximum atomic E-state index is 11.2. The molecule has 1 aliphatic carbocycles. The Bertz CT molecular complexity index is 443. The van der Waals surface area contributed by atoms with Crippen molar-refractivity contribution >= 4 is 5.97 Å². The first-order chi connectivity index (χ1) is 6.61. The lowest BCUT2D eigenvalue weighted by molar-refractivity contribution is 0.0683. The van der Waals surface area contributed by atoms with Crippen LogP contribution >= 0.6 is 0 Å². The summed E-state index contributed by atoms with van der Waals surface area (Å²) in [6.07, 6.45) is 2.05. The predicted octanol–water partition coefficient (Wildman–Crippen LogP) is 0.961. The van der Waals surface area contributed by atoms with Gasteiger partial charge in [-0.3, -0.25) is 4.79 Å². The van der Waals surface area contributed by atoms with E-state index in [0.29, 0.717) is 5.92 Å². The van der Waals surface area contributed by atoms with Gasteiger partial charge < -0.3 is 9.67 Å². The summed E-state index contributed by atoms with van der Waals surface area (Å²) >= 11 is 0. The fourth-order valence-corrected chi connectivity index (χ4v) is 1.65. The minimum absolute atomic E-state index is 0.139. The first kappa shape index (κ1) is 8.99. The molecule has 1 aromatic heterocycles. The van der Waals surface area contributed by atoms with Crippen molar-refractivity contribution in [1.82, 2.24) is 4.57 Å². The Morgan fingerprint density at radius 2 is 2.14 bits per heavy atom. The van der Waals surface area contributed by atoms with Crippen molar-refractivity contribution in [2.45, 2.75) is 18.8 Å². The van der Waals surface area contributed by atoms with E-state index in [9.17, 15) is 9.59 Å². The van der Waals surface area contributed by atoms with Crippen molar-refractivity contribution in [3.63, 3.8) is 0 Å². The maximum Gasteiger partial charge on any atom is 0.352 e. The molecule has 0 bridgehead atoms. The Morgan fingerprint density at radius 3 is 2.64 bits per heavy atom. The van der Waals surface area contributed by atoms with Crippen LogP contribution in [0.15, 0.2) is 16.9 Å². The van der Waals surface area contributed by atoms with Crippen LogP contribution in [-0.4, -0.2) is 15.6 Å². The second-order valence-electron chi connectivity index (χ2n) is 3.61. The number of hydrogen-bond donors (Lipinski definition) is 1. The summed E-state index contributed by atoms with van der Waals surface area (Å²) in [7, 11) is 1.50. The van der Waals surface area contributed by atoms with Crippen LogP contribution < -0.4 is 5.56 Å². The Morgan fingerprint density at radius 1 is 1.50 bits per heavy atom. The molecule has 1 heterocycles. The van der Waals surface area contributed by atoms with Gasteiger partial charge >= 0.3 is 5.97 Å². The number of hydrogen-bond acceptors (Lipinski definition) is 2. The number of rotatable bonds is 2. The summed E-state index contributed by atoms with van der Waals surface area (Å²) in [6.45, 7) is 0. The van der Waals surface area contributed by atoms with Crippen molar-refractivity contribution in [3.05, 3.63) is 33.7 Å². The number of pyridine rings is 1. The standard InChI is InChI=1S/C10H11NO3/c1-11-8(12)5-4-7(6-2-3-6)9(11)10(13)14/h4-6H,2-3H2,1H3,(H,13,14). The summed E-state index contributed by atoms with van der Waals surface area (Å²) in [5, 5.41) is 8.99. The molecule has 0 radical (unpaired) electrons. The second kappa shape index (κ2) is 2.97. The molecule has 0 aromatic carbocycles. The quantitative estimate of drug-likeness (QED) is 0.761. The molecule has 74 valence electrons. The van der Waals surface area contributed by atoms with Gasteiger partial charge in [0.25, 0.3) is 5.56 Å². The van der Waals surface area contributed by atoms with Crippen molar-refractivity contribution < 1.29 is 9.90 Å². The average Bonchev–Trinajstić information content (AvgIpc) is 2.91. The average molecular weight is 193 g/mol. The largest absolute Gasteiger partial charge is 0.477 e. The normalized spacial score (nSPS) is 15.5. The van der Waals surface area contributed by atoms with Crippen molar-refractivity contribution in [3.8, 4) is 0 Å². The topological polar surface area (TPSA) is 59.3 Å². The molecule has 1 aliphatic rings. The molecule has 0 amide bonds. The van der Waals surface area contributed by atoms with E-state index in [4.69, 9.17) is 5.11 Å². The van der Waals surface area contributed by atoms with Crippen molar-refractivity contribution in [2.75, 3.05) is 0 Å². The molecule has 4 heteroatoms. The van der Waals surface area contributed by atoms with Gasteiger partial charge in [-0.25, -0.2) is 4.79 Å². The Balaban J connectivity index is 2.65. The minimum atomic E-state index is -1.02. The highest BCUT2D eigenvalue weighted by Crippen LogP contribution is 2.41. The van der Waals surface area contributed by atoms with Crippen molar-refractivity contribution in [2.24, 2.45) is 7.05 Å². The third-order valence-corrected chi connectivity index (χ3v) is 2.56. The molecule has 0 unspecified atom stereocenters. The molecule has 0 saturated heterocycles. The summed E-state index contributed by atoms with van der Waals surface area (Å²) in [4.78, 5) is 22.2. The second-order valence-corrected chi connectivity index (χ2v) is 3.61. The lowest BCUT2D eigenvalue weighted by atomic mass is 10.1. The first-order valence-electron chi connectivity index (χ1n) is 4.54. The monoisotopic (exact) mass is 193 g/mol. The molecule has 1 fully saturated rings. The molecule has 14 heavy (non-hydrogen) atoms. The molecule has 1 N–H and O–H groups in total. The summed E-state index contributed by atoms with van der Waals surface area (Å²) in [5.41, 5.74) is 0.659. The number of aromatic carboxylic acids is 1. The number of carboxylic acid groups (broad SMARTS) is 1. The zero-order chi connectivity index (χ0) is 10.3. The van der Waals surface area contributed by atoms with Gasteiger partial charge in [-0.1, -0.05) is 6.07 Å². The highest BCUT2D eigenvalue weighted by Gasteiger charge is 2.29. The zero-order valence-electron chi connectivity index (χ0n) is 7.86. The number of aromatic nitrogens is 1. The van der Waals surface area contributed by atoms with Crippen LogP contribution in [0.4, 0.5) is 0 Å². The van der Waals surface area contributed by atoms with Gasteiger partial charge in [0, 0.05) is 13.1 Å². The number of carbonyl (C=O) groups is 1. The number of carboxylic acids is 1. The summed E-state index contributed by atoms with van der Waals surface area (Å²) < 4.78 is 1.20. The lowest BCUT2D eigenvalue weighted by Gasteiger charge is -2.08. The van der Waals surface area contributed by atoms with E-state index in [-0.39, 0.29) is 11.3 Å². The van der Waals surface area contributed by atoms with Gasteiger partial charge in [-0.2, -0.15) is 0 Å². The highest BCUT2D eigenvalue weighted by atomic mass is 16.4. The van der Waals surface area contributed by atoms with Crippen LogP contribution in [0, 0.1) is 0 Å². The van der Waals surface area contributed by atoms with E-state index in [0.717, 1.165) is 18.4 Å². The Kier molecular flexibility index (Phi) is 1.91. The molecule has 0 spiro atoms. The third kappa shape index (κ3) is 1.32. The van der Waals surface area contributed by atoms with Crippen LogP contribution in [0.1, 0.15) is 34.8 Å². The van der Waals surface area contributed by atoms with E-state index >= 15 is 0 Å². The fraction of sp³-hybridized carbons (Fsp3) is 0.400. The maximum absolute atomic E-state index is 11.2. The molecular weight excluding hydrogens is 182 g/mol. The van der Waals surface area contributed by atoms with E-state index in [2.05, 4.69) is 0 Å². The molecule has 1 aromatic rings. The van der Waals surface area contributed by atoms with Crippen molar-refractivity contribution in [1.29, 1.82) is 0 Å².